The molecule has 1 heterocycles. The van der Waals surface area contributed by atoms with Gasteiger partial charge in [-0.05, 0) is 6.07 Å². The number of anilines is 1. The predicted molar refractivity (Wildman–Crippen MR) is 71.4 cm³/mol. The lowest BCUT2D eigenvalue weighted by atomic mass is 10.0. The summed E-state index contributed by atoms with van der Waals surface area (Å²) < 4.78 is 39.1. The second-order valence-corrected chi connectivity index (χ2v) is 4.20. The fraction of sp³-hybridized carbons (Fsp3) is 0.286. The van der Waals surface area contributed by atoms with Crippen LogP contribution in [0.15, 0.2) is 30.3 Å². The summed E-state index contributed by atoms with van der Waals surface area (Å²) in [7, 11) is 1.67. The fourth-order valence-corrected chi connectivity index (χ4v) is 1.87. The first-order valence-corrected chi connectivity index (χ1v) is 6.18. The lowest BCUT2D eigenvalue weighted by molar-refractivity contribution is -0.137. The molecule has 6 heteroatoms. The van der Waals surface area contributed by atoms with Gasteiger partial charge >= 0.3 is 6.18 Å². The Labute approximate surface area is 114 Å². The van der Waals surface area contributed by atoms with E-state index in [0.717, 1.165) is 6.07 Å². The van der Waals surface area contributed by atoms with Crippen molar-refractivity contribution in [2.24, 2.45) is 0 Å². The van der Waals surface area contributed by atoms with Crippen LogP contribution in [0.3, 0.4) is 0 Å². The first-order valence-electron chi connectivity index (χ1n) is 6.18. The highest BCUT2D eigenvalue weighted by Gasteiger charge is 2.33. The van der Waals surface area contributed by atoms with E-state index < -0.39 is 11.7 Å². The maximum absolute atomic E-state index is 13.0. The van der Waals surface area contributed by atoms with E-state index in [1.165, 1.54) is 18.2 Å². The number of rotatable bonds is 3. The highest BCUT2D eigenvalue weighted by Crippen LogP contribution is 2.36. The first-order chi connectivity index (χ1) is 9.45. The summed E-state index contributed by atoms with van der Waals surface area (Å²) in [5.41, 5.74) is -0.356. The van der Waals surface area contributed by atoms with Crippen LogP contribution >= 0.6 is 0 Å². The van der Waals surface area contributed by atoms with Gasteiger partial charge in [-0.25, -0.2) is 9.97 Å². The Hall–Kier alpha value is -2.11. The maximum atomic E-state index is 13.0. The van der Waals surface area contributed by atoms with Crippen molar-refractivity contribution in [1.29, 1.82) is 0 Å². The van der Waals surface area contributed by atoms with E-state index in [9.17, 15) is 13.2 Å². The minimum absolute atomic E-state index is 0.0635. The molecule has 20 heavy (non-hydrogen) atoms. The number of alkyl halides is 3. The van der Waals surface area contributed by atoms with Crippen molar-refractivity contribution in [2.75, 3.05) is 12.4 Å². The second-order valence-electron chi connectivity index (χ2n) is 4.20. The van der Waals surface area contributed by atoms with Crippen molar-refractivity contribution in [1.82, 2.24) is 9.97 Å². The molecular formula is C14H14F3N3. The van der Waals surface area contributed by atoms with Crippen LogP contribution in [0.25, 0.3) is 11.3 Å². The molecular weight excluding hydrogens is 267 g/mol. The number of aromatic nitrogens is 2. The molecule has 0 aliphatic heterocycles. The quantitative estimate of drug-likeness (QED) is 0.930. The second kappa shape index (κ2) is 5.48. The van der Waals surface area contributed by atoms with Crippen LogP contribution in [-0.2, 0) is 12.6 Å². The highest BCUT2D eigenvalue weighted by atomic mass is 19.4. The number of nitrogens with one attached hydrogen (secondary N) is 1. The fourth-order valence-electron chi connectivity index (χ4n) is 1.87. The molecule has 0 saturated carbocycles. The van der Waals surface area contributed by atoms with Gasteiger partial charge in [-0.15, -0.1) is 0 Å². The minimum Gasteiger partial charge on any atom is -0.373 e. The van der Waals surface area contributed by atoms with E-state index in [2.05, 4.69) is 15.3 Å². The van der Waals surface area contributed by atoms with Crippen LogP contribution in [0.2, 0.25) is 0 Å². The zero-order valence-corrected chi connectivity index (χ0v) is 11.1. The summed E-state index contributed by atoms with van der Waals surface area (Å²) in [4.78, 5) is 8.38. The summed E-state index contributed by atoms with van der Waals surface area (Å²) >= 11 is 0. The molecule has 0 fully saturated rings. The number of hydrogen-bond acceptors (Lipinski definition) is 3. The summed E-state index contributed by atoms with van der Waals surface area (Å²) in [6.07, 6.45) is -3.86. The molecule has 3 nitrogen and oxygen atoms in total. The van der Waals surface area contributed by atoms with E-state index in [0.29, 0.717) is 18.1 Å². The Morgan fingerprint density at radius 2 is 1.85 bits per heavy atom. The van der Waals surface area contributed by atoms with Gasteiger partial charge in [0.2, 0.25) is 0 Å². The van der Waals surface area contributed by atoms with Crippen LogP contribution in [0.4, 0.5) is 19.0 Å². The number of aryl methyl sites for hydroxylation is 1. The lowest BCUT2D eigenvalue weighted by Crippen LogP contribution is -2.08. The van der Waals surface area contributed by atoms with Crippen LogP contribution < -0.4 is 5.32 Å². The molecule has 2 rings (SSSR count). The molecule has 0 radical (unpaired) electrons. The number of benzene rings is 1. The first kappa shape index (κ1) is 14.3. The van der Waals surface area contributed by atoms with E-state index in [4.69, 9.17) is 0 Å². The molecule has 0 aliphatic rings. The summed E-state index contributed by atoms with van der Waals surface area (Å²) in [6, 6.07) is 6.93. The van der Waals surface area contributed by atoms with Gasteiger partial charge in [-0.2, -0.15) is 13.2 Å². The molecule has 0 bridgehead atoms. The van der Waals surface area contributed by atoms with Crippen molar-refractivity contribution in [3.8, 4) is 11.3 Å². The third-order valence-electron chi connectivity index (χ3n) is 2.85. The summed E-state index contributed by atoms with van der Waals surface area (Å²) in [5.74, 6) is 1.01. The van der Waals surface area contributed by atoms with E-state index in [-0.39, 0.29) is 11.3 Å². The largest absolute Gasteiger partial charge is 0.417 e. The molecule has 0 amide bonds. The van der Waals surface area contributed by atoms with Gasteiger partial charge in [0.1, 0.15) is 11.6 Å². The zero-order valence-electron chi connectivity index (χ0n) is 11.1. The summed E-state index contributed by atoms with van der Waals surface area (Å²) in [6.45, 7) is 1.86. The molecule has 0 aliphatic carbocycles. The monoisotopic (exact) mass is 281 g/mol. The topological polar surface area (TPSA) is 37.8 Å². The zero-order chi connectivity index (χ0) is 14.8. The third kappa shape index (κ3) is 2.89. The van der Waals surface area contributed by atoms with Crippen molar-refractivity contribution in [3.05, 3.63) is 41.7 Å². The number of halogens is 3. The van der Waals surface area contributed by atoms with Gasteiger partial charge in [0.15, 0.2) is 0 Å². The van der Waals surface area contributed by atoms with Gasteiger partial charge in [0, 0.05) is 25.1 Å². The predicted octanol–water partition coefficient (Wildman–Crippen LogP) is 3.77. The number of nitrogens with zero attached hydrogens (tertiary/aromatic N) is 2. The van der Waals surface area contributed by atoms with Crippen LogP contribution in [0.5, 0.6) is 0 Å². The van der Waals surface area contributed by atoms with Crippen molar-refractivity contribution in [3.63, 3.8) is 0 Å². The average molecular weight is 281 g/mol. The molecule has 2 aromatic rings. The molecule has 1 aromatic carbocycles. The normalized spacial score (nSPS) is 11.4. The van der Waals surface area contributed by atoms with Crippen LogP contribution in [-0.4, -0.2) is 17.0 Å². The third-order valence-corrected chi connectivity index (χ3v) is 2.85. The van der Waals surface area contributed by atoms with Gasteiger partial charge in [0.25, 0.3) is 0 Å². The van der Waals surface area contributed by atoms with Crippen LogP contribution in [0, 0.1) is 0 Å². The molecule has 0 atom stereocenters. The Bertz CT molecular complexity index is 587. The van der Waals surface area contributed by atoms with Crippen LogP contribution in [0.1, 0.15) is 18.3 Å². The molecule has 1 N–H and O–H groups in total. The smallest absolute Gasteiger partial charge is 0.373 e. The lowest BCUT2D eigenvalue weighted by Gasteiger charge is -2.13. The van der Waals surface area contributed by atoms with Gasteiger partial charge in [0.05, 0.1) is 11.3 Å². The SMILES string of the molecule is CCc1nc(NC)cc(-c2ccccc2C(F)(F)F)n1. The molecule has 1 aromatic heterocycles. The van der Waals surface area contributed by atoms with E-state index in [1.807, 2.05) is 6.92 Å². The Balaban J connectivity index is 2.62. The molecule has 106 valence electrons. The van der Waals surface area contributed by atoms with Gasteiger partial charge < -0.3 is 5.32 Å². The van der Waals surface area contributed by atoms with Gasteiger partial charge in [-0.3, -0.25) is 0 Å². The minimum atomic E-state index is -4.41. The average Bonchev–Trinajstić information content (AvgIpc) is 2.45. The molecule has 0 spiro atoms. The Kier molecular flexibility index (Phi) is 3.92. The number of hydrogen-bond donors (Lipinski definition) is 1. The van der Waals surface area contributed by atoms with E-state index >= 15 is 0 Å². The van der Waals surface area contributed by atoms with Crippen molar-refractivity contribution < 1.29 is 13.2 Å². The van der Waals surface area contributed by atoms with E-state index in [1.54, 1.807) is 13.1 Å². The molecule has 0 unspecified atom stereocenters. The highest BCUT2D eigenvalue weighted by molar-refractivity contribution is 5.67. The van der Waals surface area contributed by atoms with Gasteiger partial charge in [-0.1, -0.05) is 25.1 Å². The Morgan fingerprint density at radius 1 is 1.15 bits per heavy atom. The molecule has 0 saturated heterocycles. The van der Waals surface area contributed by atoms with Crippen molar-refractivity contribution in [2.45, 2.75) is 19.5 Å². The van der Waals surface area contributed by atoms with Crippen molar-refractivity contribution >= 4 is 5.82 Å². The standard InChI is InChI=1S/C14H14F3N3/c1-3-12-19-11(8-13(18-2)20-12)9-6-4-5-7-10(9)14(15,16)17/h4-8H,3H2,1-2H3,(H,18,19,20). The maximum Gasteiger partial charge on any atom is 0.417 e. The Morgan fingerprint density at radius 3 is 2.45 bits per heavy atom. The summed E-state index contributed by atoms with van der Waals surface area (Å²) in [5, 5.41) is 2.84.